The van der Waals surface area contributed by atoms with E-state index in [1.54, 1.807) is 6.07 Å². The summed E-state index contributed by atoms with van der Waals surface area (Å²) in [6, 6.07) is 5.06. The Labute approximate surface area is 106 Å². The normalized spacial score (nSPS) is 19.4. The highest BCUT2D eigenvalue weighted by molar-refractivity contribution is 5.74. The zero-order valence-corrected chi connectivity index (χ0v) is 10.7. The monoisotopic (exact) mass is 248 g/mol. The molecule has 2 heterocycles. The molecular formula is C14H17FN2O. The van der Waals surface area contributed by atoms with Crippen molar-refractivity contribution in [2.45, 2.75) is 26.7 Å². The van der Waals surface area contributed by atoms with Crippen LogP contribution in [0.4, 0.5) is 10.4 Å². The Balaban J connectivity index is 1.94. The second-order valence-electron chi connectivity index (χ2n) is 5.80. The van der Waals surface area contributed by atoms with Crippen molar-refractivity contribution in [1.82, 2.24) is 4.98 Å². The van der Waals surface area contributed by atoms with Crippen LogP contribution in [0.15, 0.2) is 22.6 Å². The van der Waals surface area contributed by atoms with Crippen LogP contribution in [0, 0.1) is 11.2 Å². The molecule has 0 bridgehead atoms. The minimum atomic E-state index is -0.277. The van der Waals surface area contributed by atoms with Crippen LogP contribution >= 0.6 is 0 Å². The molecule has 0 N–H and O–H groups in total. The van der Waals surface area contributed by atoms with Crippen molar-refractivity contribution in [3.63, 3.8) is 0 Å². The van der Waals surface area contributed by atoms with Crippen molar-refractivity contribution < 1.29 is 8.81 Å². The number of piperidine rings is 1. The molecule has 0 atom stereocenters. The summed E-state index contributed by atoms with van der Waals surface area (Å²) in [5.74, 6) is -0.277. The summed E-state index contributed by atoms with van der Waals surface area (Å²) in [6.45, 7) is 6.39. The molecule has 0 spiro atoms. The third-order valence-electron chi connectivity index (χ3n) is 3.51. The molecule has 3 nitrogen and oxygen atoms in total. The van der Waals surface area contributed by atoms with E-state index in [4.69, 9.17) is 4.42 Å². The van der Waals surface area contributed by atoms with E-state index in [1.807, 2.05) is 0 Å². The summed E-state index contributed by atoms with van der Waals surface area (Å²) in [4.78, 5) is 6.54. The number of rotatable bonds is 1. The van der Waals surface area contributed by atoms with Gasteiger partial charge in [-0.05, 0) is 30.4 Å². The van der Waals surface area contributed by atoms with Gasteiger partial charge in [-0.1, -0.05) is 13.8 Å². The van der Waals surface area contributed by atoms with Gasteiger partial charge >= 0.3 is 0 Å². The van der Waals surface area contributed by atoms with Gasteiger partial charge in [0.15, 0.2) is 5.58 Å². The van der Waals surface area contributed by atoms with Crippen LogP contribution in [-0.2, 0) is 0 Å². The van der Waals surface area contributed by atoms with Crippen molar-refractivity contribution >= 4 is 17.1 Å². The summed E-state index contributed by atoms with van der Waals surface area (Å²) < 4.78 is 18.8. The molecule has 1 aliphatic rings. The molecule has 1 aliphatic heterocycles. The molecule has 1 saturated heterocycles. The molecule has 1 aromatic heterocycles. The number of benzene rings is 1. The van der Waals surface area contributed by atoms with Gasteiger partial charge in [0.1, 0.15) is 11.3 Å². The number of oxazole rings is 1. The largest absolute Gasteiger partial charge is 0.423 e. The Kier molecular flexibility index (Phi) is 2.54. The van der Waals surface area contributed by atoms with Crippen LogP contribution in [-0.4, -0.2) is 18.1 Å². The Bertz CT molecular complexity index is 576. The van der Waals surface area contributed by atoms with E-state index in [1.165, 1.54) is 18.6 Å². The maximum Gasteiger partial charge on any atom is 0.298 e. The smallest absolute Gasteiger partial charge is 0.298 e. The summed E-state index contributed by atoms with van der Waals surface area (Å²) in [7, 11) is 0. The molecule has 0 unspecified atom stereocenters. The quantitative estimate of drug-likeness (QED) is 0.772. The lowest BCUT2D eigenvalue weighted by molar-refractivity contribution is 0.284. The lowest BCUT2D eigenvalue weighted by atomic mass is 9.84. The van der Waals surface area contributed by atoms with E-state index in [-0.39, 0.29) is 11.2 Å². The van der Waals surface area contributed by atoms with Gasteiger partial charge in [0, 0.05) is 19.2 Å². The lowest BCUT2D eigenvalue weighted by Gasteiger charge is -2.37. The lowest BCUT2D eigenvalue weighted by Crippen LogP contribution is -2.40. The third-order valence-corrected chi connectivity index (χ3v) is 3.51. The predicted octanol–water partition coefficient (Wildman–Crippen LogP) is 3.59. The Morgan fingerprint density at radius 3 is 3.00 bits per heavy atom. The van der Waals surface area contributed by atoms with Crippen LogP contribution in [0.5, 0.6) is 0 Å². The molecule has 0 saturated carbocycles. The van der Waals surface area contributed by atoms with E-state index in [9.17, 15) is 4.39 Å². The first-order valence-electron chi connectivity index (χ1n) is 6.35. The zero-order chi connectivity index (χ0) is 12.8. The highest BCUT2D eigenvalue weighted by Gasteiger charge is 2.28. The van der Waals surface area contributed by atoms with Crippen LogP contribution in [0.3, 0.4) is 0 Å². The molecule has 0 amide bonds. The topological polar surface area (TPSA) is 29.3 Å². The molecular weight excluding hydrogens is 231 g/mol. The average molecular weight is 248 g/mol. The van der Waals surface area contributed by atoms with Gasteiger partial charge in [0.25, 0.3) is 6.01 Å². The number of aromatic nitrogens is 1. The molecule has 18 heavy (non-hydrogen) atoms. The predicted molar refractivity (Wildman–Crippen MR) is 69.2 cm³/mol. The SMILES string of the molecule is CC1(C)CCCN(c2nc3cc(F)ccc3o2)C1. The third kappa shape index (κ3) is 2.07. The number of halogens is 1. The number of anilines is 1. The van der Waals surface area contributed by atoms with E-state index < -0.39 is 0 Å². The summed E-state index contributed by atoms with van der Waals surface area (Å²) in [5.41, 5.74) is 1.52. The van der Waals surface area contributed by atoms with Crippen LogP contribution < -0.4 is 4.90 Å². The first-order valence-corrected chi connectivity index (χ1v) is 6.35. The first kappa shape index (κ1) is 11.5. The van der Waals surface area contributed by atoms with Gasteiger partial charge in [-0.15, -0.1) is 0 Å². The van der Waals surface area contributed by atoms with E-state index >= 15 is 0 Å². The van der Waals surface area contributed by atoms with E-state index in [0.717, 1.165) is 19.5 Å². The highest BCUT2D eigenvalue weighted by Crippen LogP contribution is 2.32. The van der Waals surface area contributed by atoms with Gasteiger partial charge in [-0.25, -0.2) is 4.39 Å². The molecule has 0 aliphatic carbocycles. The van der Waals surface area contributed by atoms with Crippen LogP contribution in [0.1, 0.15) is 26.7 Å². The molecule has 1 fully saturated rings. The van der Waals surface area contributed by atoms with Gasteiger partial charge in [-0.3, -0.25) is 0 Å². The summed E-state index contributed by atoms with van der Waals surface area (Å²) in [6.07, 6.45) is 2.36. The molecule has 3 rings (SSSR count). The van der Waals surface area contributed by atoms with Gasteiger partial charge < -0.3 is 9.32 Å². The van der Waals surface area contributed by atoms with Crippen molar-refractivity contribution in [2.75, 3.05) is 18.0 Å². The number of nitrogens with zero attached hydrogens (tertiary/aromatic N) is 2. The van der Waals surface area contributed by atoms with Gasteiger partial charge in [-0.2, -0.15) is 4.98 Å². The van der Waals surface area contributed by atoms with Crippen LogP contribution in [0.2, 0.25) is 0 Å². The van der Waals surface area contributed by atoms with Crippen molar-refractivity contribution in [1.29, 1.82) is 0 Å². The molecule has 96 valence electrons. The molecule has 4 heteroatoms. The Morgan fingerprint density at radius 1 is 1.39 bits per heavy atom. The van der Waals surface area contributed by atoms with E-state index in [2.05, 4.69) is 23.7 Å². The fraction of sp³-hybridized carbons (Fsp3) is 0.500. The van der Waals surface area contributed by atoms with Crippen molar-refractivity contribution in [2.24, 2.45) is 5.41 Å². The van der Waals surface area contributed by atoms with E-state index in [0.29, 0.717) is 17.1 Å². The van der Waals surface area contributed by atoms with Crippen molar-refractivity contribution in [3.05, 3.63) is 24.0 Å². The highest BCUT2D eigenvalue weighted by atomic mass is 19.1. The second kappa shape index (κ2) is 3.97. The Hall–Kier alpha value is -1.58. The zero-order valence-electron chi connectivity index (χ0n) is 10.7. The number of fused-ring (bicyclic) bond motifs is 1. The maximum atomic E-state index is 13.1. The molecule has 0 radical (unpaired) electrons. The van der Waals surface area contributed by atoms with Gasteiger partial charge in [0.05, 0.1) is 0 Å². The Morgan fingerprint density at radius 2 is 2.22 bits per heavy atom. The second-order valence-corrected chi connectivity index (χ2v) is 5.80. The fourth-order valence-corrected chi connectivity index (χ4v) is 2.61. The minimum Gasteiger partial charge on any atom is -0.423 e. The number of hydrogen-bond donors (Lipinski definition) is 0. The number of hydrogen-bond acceptors (Lipinski definition) is 3. The molecule has 1 aromatic carbocycles. The standard InChI is InChI=1S/C14H17FN2O/c1-14(2)6-3-7-17(9-14)13-16-11-8-10(15)4-5-12(11)18-13/h4-5,8H,3,6-7,9H2,1-2H3. The van der Waals surface area contributed by atoms with Crippen LogP contribution in [0.25, 0.3) is 11.1 Å². The summed E-state index contributed by atoms with van der Waals surface area (Å²) >= 11 is 0. The average Bonchev–Trinajstić information content (AvgIpc) is 2.70. The molecule has 2 aromatic rings. The van der Waals surface area contributed by atoms with Gasteiger partial charge in [0.2, 0.25) is 0 Å². The van der Waals surface area contributed by atoms with Crippen molar-refractivity contribution in [3.8, 4) is 0 Å². The minimum absolute atomic E-state index is 0.277. The first-order chi connectivity index (χ1) is 8.53. The fourth-order valence-electron chi connectivity index (χ4n) is 2.61. The summed E-state index contributed by atoms with van der Waals surface area (Å²) in [5, 5.41) is 0. The maximum absolute atomic E-state index is 13.1.